The summed E-state index contributed by atoms with van der Waals surface area (Å²) in [6, 6.07) is 4.28. The fourth-order valence-electron chi connectivity index (χ4n) is 1.90. The summed E-state index contributed by atoms with van der Waals surface area (Å²) in [6.45, 7) is 6.24. The van der Waals surface area contributed by atoms with Crippen LogP contribution in [0.4, 0.5) is 0 Å². The van der Waals surface area contributed by atoms with E-state index in [1.54, 1.807) is 5.38 Å². The van der Waals surface area contributed by atoms with Gasteiger partial charge >= 0.3 is 0 Å². The van der Waals surface area contributed by atoms with Crippen LogP contribution in [0.1, 0.15) is 16.7 Å². The first-order chi connectivity index (χ1) is 7.08. The van der Waals surface area contributed by atoms with Crippen molar-refractivity contribution in [1.82, 2.24) is 4.98 Å². The molecule has 0 amide bonds. The molecule has 2 nitrogen and oxygen atoms in total. The van der Waals surface area contributed by atoms with Crippen LogP contribution < -0.4 is 0 Å². The van der Waals surface area contributed by atoms with Gasteiger partial charge in [-0.05, 0) is 31.9 Å². The first-order valence-corrected chi connectivity index (χ1v) is 5.68. The zero-order valence-electron chi connectivity index (χ0n) is 9.03. The standard InChI is InChI=1S/C12H13NOS/c1-7-4-8(2)11(9(3)5-7)12-13-10(14)6-15-12/h4-6,14H,1-3H3. The first-order valence-electron chi connectivity index (χ1n) is 4.80. The number of thiazole rings is 1. The topological polar surface area (TPSA) is 33.1 Å². The summed E-state index contributed by atoms with van der Waals surface area (Å²) in [6.07, 6.45) is 0. The van der Waals surface area contributed by atoms with Gasteiger partial charge < -0.3 is 5.11 Å². The Bertz CT molecular complexity index is 479. The predicted octanol–water partition coefficient (Wildman–Crippen LogP) is 3.44. The summed E-state index contributed by atoms with van der Waals surface area (Å²) in [5, 5.41) is 11.8. The number of nitrogens with zero attached hydrogens (tertiary/aromatic N) is 1. The molecular weight excluding hydrogens is 206 g/mol. The van der Waals surface area contributed by atoms with E-state index in [2.05, 4.69) is 37.9 Å². The van der Waals surface area contributed by atoms with Gasteiger partial charge in [0.15, 0.2) is 0 Å². The number of rotatable bonds is 1. The third-order valence-electron chi connectivity index (χ3n) is 2.38. The lowest BCUT2D eigenvalue weighted by atomic mass is 10.0. The first kappa shape index (κ1) is 10.2. The van der Waals surface area contributed by atoms with E-state index in [4.69, 9.17) is 0 Å². The molecule has 2 aromatic rings. The number of aromatic hydroxyl groups is 1. The molecule has 3 heteroatoms. The van der Waals surface area contributed by atoms with E-state index in [0.717, 1.165) is 10.6 Å². The van der Waals surface area contributed by atoms with Crippen molar-refractivity contribution in [2.45, 2.75) is 20.8 Å². The highest BCUT2D eigenvalue weighted by Gasteiger charge is 2.10. The molecule has 1 aromatic carbocycles. The number of benzene rings is 1. The number of aromatic nitrogens is 1. The molecule has 0 aliphatic heterocycles. The largest absolute Gasteiger partial charge is 0.493 e. The Morgan fingerprint density at radius 2 is 1.73 bits per heavy atom. The van der Waals surface area contributed by atoms with Crippen molar-refractivity contribution in [3.8, 4) is 16.5 Å². The molecule has 2 rings (SSSR count). The Morgan fingerprint density at radius 1 is 1.13 bits per heavy atom. The molecule has 78 valence electrons. The lowest BCUT2D eigenvalue weighted by molar-refractivity contribution is 0.458. The van der Waals surface area contributed by atoms with Crippen LogP contribution in [0.2, 0.25) is 0 Å². The molecule has 0 bridgehead atoms. The van der Waals surface area contributed by atoms with Gasteiger partial charge in [0.25, 0.3) is 0 Å². The Morgan fingerprint density at radius 3 is 2.20 bits per heavy atom. The normalized spacial score (nSPS) is 10.6. The Labute approximate surface area is 93.2 Å². The molecule has 1 N–H and O–H groups in total. The second-order valence-corrected chi connectivity index (χ2v) is 4.64. The van der Waals surface area contributed by atoms with E-state index < -0.39 is 0 Å². The summed E-state index contributed by atoms with van der Waals surface area (Å²) in [4.78, 5) is 4.11. The Hall–Kier alpha value is -1.35. The van der Waals surface area contributed by atoms with Gasteiger partial charge in [0.05, 0.1) is 5.38 Å². The van der Waals surface area contributed by atoms with Gasteiger partial charge in [-0.3, -0.25) is 0 Å². The molecule has 0 radical (unpaired) electrons. The third-order valence-corrected chi connectivity index (χ3v) is 3.23. The van der Waals surface area contributed by atoms with Crippen LogP contribution in [0.5, 0.6) is 5.88 Å². The molecule has 0 unspecified atom stereocenters. The van der Waals surface area contributed by atoms with E-state index in [1.807, 2.05) is 0 Å². The summed E-state index contributed by atoms with van der Waals surface area (Å²) in [5.74, 6) is 0.106. The van der Waals surface area contributed by atoms with Crippen LogP contribution in [0.15, 0.2) is 17.5 Å². The summed E-state index contributed by atoms with van der Waals surface area (Å²) in [7, 11) is 0. The van der Waals surface area contributed by atoms with Gasteiger partial charge in [0, 0.05) is 5.56 Å². The second-order valence-electron chi connectivity index (χ2n) is 3.78. The summed E-state index contributed by atoms with van der Waals surface area (Å²) in [5.41, 5.74) is 4.82. The van der Waals surface area contributed by atoms with Crippen LogP contribution in [-0.2, 0) is 0 Å². The van der Waals surface area contributed by atoms with Gasteiger partial charge in [-0.25, -0.2) is 4.98 Å². The molecule has 0 aliphatic rings. The maximum atomic E-state index is 9.25. The number of hydrogen-bond donors (Lipinski definition) is 1. The SMILES string of the molecule is Cc1cc(C)c(-c2nc(O)cs2)c(C)c1. The molecule has 1 aromatic heterocycles. The highest BCUT2D eigenvalue weighted by atomic mass is 32.1. The van der Waals surface area contributed by atoms with Crippen molar-refractivity contribution in [1.29, 1.82) is 0 Å². The minimum absolute atomic E-state index is 0.106. The fraction of sp³-hybridized carbons (Fsp3) is 0.250. The lowest BCUT2D eigenvalue weighted by Gasteiger charge is -2.08. The third kappa shape index (κ3) is 1.88. The quantitative estimate of drug-likeness (QED) is 0.797. The molecule has 0 saturated carbocycles. The summed E-state index contributed by atoms with van der Waals surface area (Å²) < 4.78 is 0. The van der Waals surface area contributed by atoms with Crippen LogP contribution >= 0.6 is 11.3 Å². The molecule has 1 heterocycles. The van der Waals surface area contributed by atoms with Crippen molar-refractivity contribution in [2.24, 2.45) is 0 Å². The van der Waals surface area contributed by atoms with Crippen LogP contribution in [0, 0.1) is 20.8 Å². The van der Waals surface area contributed by atoms with Gasteiger partial charge in [-0.1, -0.05) is 17.7 Å². The van der Waals surface area contributed by atoms with E-state index in [0.29, 0.717) is 0 Å². The minimum atomic E-state index is 0.106. The molecule has 0 saturated heterocycles. The average molecular weight is 219 g/mol. The average Bonchev–Trinajstić information content (AvgIpc) is 2.49. The molecule has 0 fully saturated rings. The van der Waals surface area contributed by atoms with E-state index in [-0.39, 0.29) is 5.88 Å². The lowest BCUT2D eigenvalue weighted by Crippen LogP contribution is -1.89. The molecule has 0 spiro atoms. The maximum absolute atomic E-state index is 9.25. The highest BCUT2D eigenvalue weighted by molar-refractivity contribution is 7.13. The molecule has 0 aliphatic carbocycles. The predicted molar refractivity (Wildman–Crippen MR) is 63.4 cm³/mol. The van der Waals surface area contributed by atoms with Crippen LogP contribution in [-0.4, -0.2) is 10.1 Å². The maximum Gasteiger partial charge on any atom is 0.222 e. The zero-order valence-corrected chi connectivity index (χ0v) is 9.85. The number of aryl methyl sites for hydroxylation is 3. The van der Waals surface area contributed by atoms with Crippen molar-refractivity contribution in [3.63, 3.8) is 0 Å². The monoisotopic (exact) mass is 219 g/mol. The van der Waals surface area contributed by atoms with Crippen LogP contribution in [0.25, 0.3) is 10.6 Å². The summed E-state index contributed by atoms with van der Waals surface area (Å²) >= 11 is 1.48. The van der Waals surface area contributed by atoms with Gasteiger partial charge in [-0.2, -0.15) is 0 Å². The molecule has 0 atom stereocenters. The van der Waals surface area contributed by atoms with Crippen molar-refractivity contribution in [3.05, 3.63) is 34.2 Å². The smallest absolute Gasteiger partial charge is 0.222 e. The van der Waals surface area contributed by atoms with Crippen LogP contribution in [0.3, 0.4) is 0 Å². The highest BCUT2D eigenvalue weighted by Crippen LogP contribution is 2.32. The minimum Gasteiger partial charge on any atom is -0.493 e. The van der Waals surface area contributed by atoms with Crippen molar-refractivity contribution < 1.29 is 5.11 Å². The van der Waals surface area contributed by atoms with Crippen molar-refractivity contribution >= 4 is 11.3 Å². The van der Waals surface area contributed by atoms with Crippen molar-refractivity contribution in [2.75, 3.05) is 0 Å². The van der Waals surface area contributed by atoms with E-state index >= 15 is 0 Å². The van der Waals surface area contributed by atoms with E-state index in [9.17, 15) is 5.11 Å². The molecule has 15 heavy (non-hydrogen) atoms. The number of hydrogen-bond acceptors (Lipinski definition) is 3. The van der Waals surface area contributed by atoms with E-state index in [1.165, 1.54) is 28.0 Å². The Kier molecular flexibility index (Phi) is 2.49. The molecular formula is C12H13NOS. The Balaban J connectivity index is 2.62. The van der Waals surface area contributed by atoms with Gasteiger partial charge in [-0.15, -0.1) is 11.3 Å². The van der Waals surface area contributed by atoms with Gasteiger partial charge in [0.2, 0.25) is 5.88 Å². The second kappa shape index (κ2) is 3.66. The fourth-order valence-corrected chi connectivity index (χ4v) is 2.75. The van der Waals surface area contributed by atoms with Gasteiger partial charge in [0.1, 0.15) is 5.01 Å². The zero-order chi connectivity index (χ0) is 11.0.